The molecule has 0 fully saturated rings. The molecule has 0 atom stereocenters. The average Bonchev–Trinajstić information content (AvgIpc) is 2.30. The molecule has 0 unspecified atom stereocenters. The minimum absolute atomic E-state index is 0.104. The van der Waals surface area contributed by atoms with Crippen LogP contribution in [0.1, 0.15) is 42.3 Å². The van der Waals surface area contributed by atoms with Crippen LogP contribution in [-0.4, -0.2) is 9.55 Å². The van der Waals surface area contributed by atoms with Gasteiger partial charge in [0.2, 0.25) is 0 Å². The number of rotatable bonds is 3. The minimum atomic E-state index is -0.104. The Hall–Kier alpha value is -1.61. The molecule has 0 radical (unpaired) electrons. The summed E-state index contributed by atoms with van der Waals surface area (Å²) in [5, 5.41) is 0.260. The van der Waals surface area contributed by atoms with Gasteiger partial charge in [0.1, 0.15) is 11.0 Å². The van der Waals surface area contributed by atoms with Crippen molar-refractivity contribution < 1.29 is 0 Å². The maximum absolute atomic E-state index is 12.2. The molecule has 4 heteroatoms. The first-order valence-corrected chi connectivity index (χ1v) is 7.09. The number of halogens is 1. The van der Waals surface area contributed by atoms with Gasteiger partial charge in [0.15, 0.2) is 0 Å². The van der Waals surface area contributed by atoms with E-state index in [1.54, 1.807) is 4.57 Å². The van der Waals surface area contributed by atoms with Gasteiger partial charge < -0.3 is 0 Å². The monoisotopic (exact) mass is 290 g/mol. The van der Waals surface area contributed by atoms with Crippen molar-refractivity contribution in [2.24, 2.45) is 0 Å². The molecule has 2 aromatic rings. The van der Waals surface area contributed by atoms with Gasteiger partial charge in [-0.2, -0.15) is 0 Å². The van der Waals surface area contributed by atoms with Crippen molar-refractivity contribution in [1.82, 2.24) is 9.55 Å². The summed E-state index contributed by atoms with van der Waals surface area (Å²) in [5.74, 6) is 0.869. The maximum atomic E-state index is 12.2. The van der Waals surface area contributed by atoms with E-state index in [2.05, 4.69) is 37.0 Å². The van der Waals surface area contributed by atoms with E-state index in [1.807, 2.05) is 13.8 Å². The maximum Gasteiger partial charge on any atom is 0.255 e. The zero-order chi connectivity index (χ0) is 14.9. The molecule has 0 saturated heterocycles. The Labute approximate surface area is 124 Å². The fraction of sp³-hybridized carbons (Fsp3) is 0.375. The summed E-state index contributed by atoms with van der Waals surface area (Å²) in [6, 6.07) is 7.68. The molecule has 0 amide bonds. The lowest BCUT2D eigenvalue weighted by atomic mass is 10.1. The molecule has 0 aliphatic heterocycles. The van der Waals surface area contributed by atoms with Gasteiger partial charge in [0, 0.05) is 12.0 Å². The second kappa shape index (κ2) is 5.80. The molecule has 0 saturated carbocycles. The van der Waals surface area contributed by atoms with Crippen molar-refractivity contribution >= 4 is 11.6 Å². The van der Waals surface area contributed by atoms with Crippen LogP contribution in [0.15, 0.2) is 29.1 Å². The number of aryl methyl sites for hydroxylation is 2. The van der Waals surface area contributed by atoms with Crippen molar-refractivity contribution in [2.75, 3.05) is 0 Å². The summed E-state index contributed by atoms with van der Waals surface area (Å²) >= 11 is 5.90. The van der Waals surface area contributed by atoms with Crippen LogP contribution in [0.2, 0.25) is 5.15 Å². The van der Waals surface area contributed by atoms with E-state index in [9.17, 15) is 4.79 Å². The summed E-state index contributed by atoms with van der Waals surface area (Å²) in [4.78, 5) is 16.5. The van der Waals surface area contributed by atoms with Gasteiger partial charge in [-0.3, -0.25) is 9.36 Å². The van der Waals surface area contributed by atoms with Crippen molar-refractivity contribution in [2.45, 2.75) is 40.2 Å². The van der Waals surface area contributed by atoms with E-state index in [0.29, 0.717) is 6.54 Å². The largest absolute Gasteiger partial charge is 0.292 e. The number of nitrogens with zero attached hydrogens (tertiary/aromatic N) is 2. The van der Waals surface area contributed by atoms with E-state index in [0.717, 1.165) is 11.4 Å². The van der Waals surface area contributed by atoms with Crippen LogP contribution in [0.25, 0.3) is 0 Å². The third-order valence-corrected chi connectivity index (χ3v) is 3.34. The van der Waals surface area contributed by atoms with Gasteiger partial charge in [0.25, 0.3) is 5.56 Å². The van der Waals surface area contributed by atoms with E-state index < -0.39 is 0 Å². The van der Waals surface area contributed by atoms with E-state index in [4.69, 9.17) is 11.6 Å². The van der Waals surface area contributed by atoms with Gasteiger partial charge in [-0.15, -0.1) is 0 Å². The molecule has 106 valence electrons. The zero-order valence-corrected chi connectivity index (χ0v) is 13.0. The van der Waals surface area contributed by atoms with Gasteiger partial charge in [0.05, 0.1) is 6.54 Å². The van der Waals surface area contributed by atoms with Crippen LogP contribution < -0.4 is 5.56 Å². The molecule has 1 aromatic carbocycles. The van der Waals surface area contributed by atoms with E-state index in [1.165, 1.54) is 17.2 Å². The lowest BCUT2D eigenvalue weighted by Gasteiger charge is -2.15. The highest BCUT2D eigenvalue weighted by Crippen LogP contribution is 2.16. The fourth-order valence-corrected chi connectivity index (χ4v) is 2.62. The van der Waals surface area contributed by atoms with Crippen molar-refractivity contribution in [3.8, 4) is 0 Å². The molecule has 20 heavy (non-hydrogen) atoms. The molecule has 1 aromatic heterocycles. The summed E-state index contributed by atoms with van der Waals surface area (Å²) in [5.41, 5.74) is 3.39. The first-order valence-electron chi connectivity index (χ1n) is 6.71. The molecule has 3 nitrogen and oxygen atoms in total. The Morgan fingerprint density at radius 1 is 1.15 bits per heavy atom. The smallest absolute Gasteiger partial charge is 0.255 e. The van der Waals surface area contributed by atoms with Gasteiger partial charge in [-0.25, -0.2) is 4.98 Å². The van der Waals surface area contributed by atoms with Gasteiger partial charge in [-0.05, 0) is 19.4 Å². The quantitative estimate of drug-likeness (QED) is 0.808. The molecule has 0 bridgehead atoms. The molecule has 0 aliphatic rings. The fourth-order valence-electron chi connectivity index (χ4n) is 2.44. The van der Waals surface area contributed by atoms with Crippen molar-refractivity contribution in [3.63, 3.8) is 0 Å². The third kappa shape index (κ3) is 3.28. The van der Waals surface area contributed by atoms with Crippen LogP contribution in [0, 0.1) is 13.8 Å². The molecular formula is C16H19ClN2O. The number of hydrogen-bond donors (Lipinski definition) is 0. The molecule has 0 N–H and O–H groups in total. The van der Waals surface area contributed by atoms with E-state index in [-0.39, 0.29) is 16.6 Å². The minimum Gasteiger partial charge on any atom is -0.292 e. The summed E-state index contributed by atoms with van der Waals surface area (Å²) in [6.07, 6.45) is 0. The second-order valence-corrected chi connectivity index (χ2v) is 5.90. The normalized spacial score (nSPS) is 11.1. The summed E-state index contributed by atoms with van der Waals surface area (Å²) in [6.45, 7) is 8.66. The molecule has 2 rings (SSSR count). The van der Waals surface area contributed by atoms with Crippen molar-refractivity contribution in [3.05, 3.63) is 62.3 Å². The van der Waals surface area contributed by atoms with E-state index >= 15 is 0 Å². The first kappa shape index (κ1) is 14.8. The predicted octanol–water partition coefficient (Wildman–Crippen LogP) is 3.69. The first-order chi connectivity index (χ1) is 9.36. The van der Waals surface area contributed by atoms with Crippen LogP contribution in [0.3, 0.4) is 0 Å². The predicted molar refractivity (Wildman–Crippen MR) is 82.6 cm³/mol. The Morgan fingerprint density at radius 3 is 2.30 bits per heavy atom. The lowest BCUT2D eigenvalue weighted by Crippen LogP contribution is -2.25. The summed E-state index contributed by atoms with van der Waals surface area (Å²) in [7, 11) is 0. The average molecular weight is 291 g/mol. The SMILES string of the molecule is Cc1cc(C)cc(Cn2c(C(C)C)nc(Cl)cc2=O)c1. The highest BCUT2D eigenvalue weighted by Gasteiger charge is 2.12. The topological polar surface area (TPSA) is 34.9 Å². The zero-order valence-electron chi connectivity index (χ0n) is 12.3. The molecule has 1 heterocycles. The number of hydrogen-bond acceptors (Lipinski definition) is 2. The van der Waals surface area contributed by atoms with Crippen molar-refractivity contribution in [1.29, 1.82) is 0 Å². The standard InChI is InChI=1S/C16H19ClN2O/c1-10(2)16-18-14(17)8-15(20)19(16)9-13-6-11(3)5-12(4)7-13/h5-8,10H,9H2,1-4H3. The van der Waals surface area contributed by atoms with Gasteiger partial charge in [-0.1, -0.05) is 54.8 Å². The Morgan fingerprint density at radius 2 is 1.75 bits per heavy atom. The highest BCUT2D eigenvalue weighted by molar-refractivity contribution is 6.29. The second-order valence-electron chi connectivity index (χ2n) is 5.51. The van der Waals surface area contributed by atoms with Crippen LogP contribution in [-0.2, 0) is 6.54 Å². The summed E-state index contributed by atoms with van der Waals surface area (Å²) < 4.78 is 1.70. The molecular weight excluding hydrogens is 272 g/mol. The number of aromatic nitrogens is 2. The Balaban J connectivity index is 2.50. The third-order valence-electron chi connectivity index (χ3n) is 3.15. The van der Waals surface area contributed by atoms with Gasteiger partial charge >= 0.3 is 0 Å². The highest BCUT2D eigenvalue weighted by atomic mass is 35.5. The van der Waals surface area contributed by atoms with Crippen LogP contribution >= 0.6 is 11.6 Å². The Kier molecular flexibility index (Phi) is 4.29. The molecule has 0 aliphatic carbocycles. The molecule has 0 spiro atoms. The number of benzene rings is 1. The van der Waals surface area contributed by atoms with Crippen LogP contribution in [0.4, 0.5) is 0 Å². The van der Waals surface area contributed by atoms with Crippen LogP contribution in [0.5, 0.6) is 0 Å². The Bertz CT molecular complexity index is 669. The lowest BCUT2D eigenvalue weighted by molar-refractivity contribution is 0.624.